The highest BCUT2D eigenvalue weighted by Crippen LogP contribution is 2.25. The van der Waals surface area contributed by atoms with Gasteiger partial charge in [0.05, 0.1) is 0 Å². The van der Waals surface area contributed by atoms with E-state index >= 15 is 0 Å². The van der Waals surface area contributed by atoms with Crippen molar-refractivity contribution in [3.05, 3.63) is 23.8 Å². The van der Waals surface area contributed by atoms with Gasteiger partial charge in [-0.3, -0.25) is 4.79 Å². The van der Waals surface area contributed by atoms with Gasteiger partial charge >= 0.3 is 0 Å². The Morgan fingerprint density at radius 1 is 1.33 bits per heavy atom. The summed E-state index contributed by atoms with van der Waals surface area (Å²) in [6, 6.07) is 4.54. The second-order valence-electron chi connectivity index (χ2n) is 4.32. The minimum Gasteiger partial charge on any atom is -0.504 e. The minimum atomic E-state index is -0.486. The number of rotatable bonds is 7. The molecule has 18 heavy (non-hydrogen) atoms. The molecular weight excluding hydrogens is 232 g/mol. The fraction of sp³-hybridized carbons (Fsp3) is 0.500. The Kier molecular flexibility index (Phi) is 5.65. The lowest BCUT2D eigenvalue weighted by atomic mass is 10.0. The number of methoxy groups -OCH3 is 1. The Labute approximate surface area is 107 Å². The highest BCUT2D eigenvalue weighted by Gasteiger charge is 2.18. The van der Waals surface area contributed by atoms with E-state index in [-0.39, 0.29) is 17.3 Å². The molecule has 1 aromatic carbocycles. The van der Waals surface area contributed by atoms with Gasteiger partial charge in [-0.15, -0.1) is 0 Å². The Bertz CT molecular complexity index is 401. The Morgan fingerprint density at radius 3 is 2.61 bits per heavy atom. The lowest BCUT2D eigenvalue weighted by Gasteiger charge is -2.14. The zero-order valence-electron chi connectivity index (χ0n) is 10.8. The Morgan fingerprint density at radius 2 is 2.06 bits per heavy atom. The van der Waals surface area contributed by atoms with Crippen LogP contribution in [0.2, 0.25) is 0 Å². The standard InChI is InChI=1S/C14H20O4/c1-3-4-5-12(16)14(18-2)9-10-6-7-11(15)13(17)8-10/h6-8,14-15,17H,3-5,9H2,1-2H3/t14-/m1/s1. The average molecular weight is 252 g/mol. The van der Waals surface area contributed by atoms with Crippen molar-refractivity contribution in [1.29, 1.82) is 0 Å². The van der Waals surface area contributed by atoms with Crippen LogP contribution in [0.1, 0.15) is 31.7 Å². The van der Waals surface area contributed by atoms with Crippen LogP contribution in [-0.4, -0.2) is 29.2 Å². The number of Topliss-reactive ketones (excluding diaryl/α,β-unsaturated/α-hetero) is 1. The van der Waals surface area contributed by atoms with Gasteiger partial charge in [0.2, 0.25) is 0 Å². The molecule has 0 radical (unpaired) electrons. The molecule has 0 unspecified atom stereocenters. The number of phenols is 2. The van der Waals surface area contributed by atoms with Crippen LogP contribution in [0.3, 0.4) is 0 Å². The highest BCUT2D eigenvalue weighted by molar-refractivity contribution is 5.83. The van der Waals surface area contributed by atoms with E-state index in [1.807, 2.05) is 6.92 Å². The summed E-state index contributed by atoms with van der Waals surface area (Å²) in [4.78, 5) is 11.9. The molecule has 0 aromatic heterocycles. The normalized spacial score (nSPS) is 12.3. The first-order chi connectivity index (χ1) is 8.58. The van der Waals surface area contributed by atoms with E-state index < -0.39 is 6.10 Å². The molecule has 4 heteroatoms. The lowest BCUT2D eigenvalue weighted by molar-refractivity contribution is -0.128. The molecule has 0 aliphatic rings. The predicted octanol–water partition coefficient (Wildman–Crippen LogP) is 2.41. The number of unbranched alkanes of at least 4 members (excludes halogenated alkanes) is 1. The second-order valence-corrected chi connectivity index (χ2v) is 4.32. The van der Waals surface area contributed by atoms with Gasteiger partial charge in [0.25, 0.3) is 0 Å². The SMILES string of the molecule is CCCCC(=O)[C@@H](Cc1ccc(O)c(O)c1)OC. The molecule has 0 aliphatic heterocycles. The van der Waals surface area contributed by atoms with E-state index in [0.717, 1.165) is 18.4 Å². The first-order valence-electron chi connectivity index (χ1n) is 6.14. The van der Waals surface area contributed by atoms with Crippen molar-refractivity contribution in [2.24, 2.45) is 0 Å². The maximum Gasteiger partial charge on any atom is 0.161 e. The first-order valence-corrected chi connectivity index (χ1v) is 6.14. The number of phenolic OH excluding ortho intramolecular Hbond substituents is 2. The number of ketones is 1. The molecule has 0 amide bonds. The number of hydrogen-bond donors (Lipinski definition) is 2. The van der Waals surface area contributed by atoms with E-state index in [0.29, 0.717) is 12.8 Å². The third kappa shape index (κ3) is 4.04. The quantitative estimate of drug-likeness (QED) is 0.731. The van der Waals surface area contributed by atoms with Crippen LogP contribution in [0.4, 0.5) is 0 Å². The van der Waals surface area contributed by atoms with E-state index in [1.165, 1.54) is 19.2 Å². The molecular formula is C14H20O4. The van der Waals surface area contributed by atoms with E-state index in [2.05, 4.69) is 0 Å². The average Bonchev–Trinajstić information content (AvgIpc) is 2.37. The monoisotopic (exact) mass is 252 g/mol. The maximum atomic E-state index is 11.9. The number of carbonyl (C=O) groups excluding carboxylic acids is 1. The van der Waals surface area contributed by atoms with Crippen LogP contribution in [0.25, 0.3) is 0 Å². The van der Waals surface area contributed by atoms with Crippen LogP contribution >= 0.6 is 0 Å². The first kappa shape index (κ1) is 14.5. The summed E-state index contributed by atoms with van der Waals surface area (Å²) in [5.74, 6) is -0.264. The third-order valence-corrected chi connectivity index (χ3v) is 2.88. The minimum absolute atomic E-state index is 0.0758. The predicted molar refractivity (Wildman–Crippen MR) is 68.8 cm³/mol. The van der Waals surface area contributed by atoms with Crippen molar-refractivity contribution in [2.75, 3.05) is 7.11 Å². The molecule has 1 aromatic rings. The van der Waals surface area contributed by atoms with Gasteiger partial charge in [0, 0.05) is 20.0 Å². The van der Waals surface area contributed by atoms with Crippen LogP contribution in [0.5, 0.6) is 11.5 Å². The molecule has 0 aliphatic carbocycles. The fourth-order valence-electron chi connectivity index (χ4n) is 1.75. The molecule has 4 nitrogen and oxygen atoms in total. The summed E-state index contributed by atoms with van der Waals surface area (Å²) in [6.45, 7) is 2.03. The smallest absolute Gasteiger partial charge is 0.161 e. The highest BCUT2D eigenvalue weighted by atomic mass is 16.5. The fourth-order valence-corrected chi connectivity index (χ4v) is 1.75. The summed E-state index contributed by atoms with van der Waals surface area (Å²) < 4.78 is 5.19. The van der Waals surface area contributed by atoms with Gasteiger partial charge in [0.15, 0.2) is 17.3 Å². The Balaban J connectivity index is 2.67. The van der Waals surface area contributed by atoms with Gasteiger partial charge < -0.3 is 14.9 Å². The summed E-state index contributed by atoms with van der Waals surface area (Å²) in [5.41, 5.74) is 0.766. The number of hydrogen-bond acceptors (Lipinski definition) is 4. The molecule has 0 saturated heterocycles. The van der Waals surface area contributed by atoms with Gasteiger partial charge in [-0.1, -0.05) is 19.4 Å². The van der Waals surface area contributed by atoms with E-state index in [9.17, 15) is 15.0 Å². The Hall–Kier alpha value is -1.55. The number of carbonyl (C=O) groups is 1. The maximum absolute atomic E-state index is 11.9. The zero-order chi connectivity index (χ0) is 13.5. The van der Waals surface area contributed by atoms with Crippen LogP contribution in [0.15, 0.2) is 18.2 Å². The van der Waals surface area contributed by atoms with Crippen molar-refractivity contribution in [3.63, 3.8) is 0 Å². The van der Waals surface area contributed by atoms with Gasteiger partial charge in [-0.05, 0) is 24.1 Å². The number of benzene rings is 1. The van der Waals surface area contributed by atoms with Crippen molar-refractivity contribution >= 4 is 5.78 Å². The van der Waals surface area contributed by atoms with Crippen molar-refractivity contribution in [2.45, 2.75) is 38.7 Å². The van der Waals surface area contributed by atoms with Gasteiger partial charge in [0.1, 0.15) is 6.10 Å². The third-order valence-electron chi connectivity index (χ3n) is 2.88. The molecule has 0 fully saturated rings. The van der Waals surface area contributed by atoms with E-state index in [1.54, 1.807) is 6.07 Å². The molecule has 0 heterocycles. The summed E-state index contributed by atoms with van der Waals surface area (Å²) in [5, 5.41) is 18.6. The summed E-state index contributed by atoms with van der Waals surface area (Å²) in [7, 11) is 1.51. The zero-order valence-corrected chi connectivity index (χ0v) is 10.8. The van der Waals surface area contributed by atoms with Crippen LogP contribution in [-0.2, 0) is 16.0 Å². The summed E-state index contributed by atoms with van der Waals surface area (Å²) >= 11 is 0. The van der Waals surface area contributed by atoms with Crippen molar-refractivity contribution < 1.29 is 19.7 Å². The summed E-state index contributed by atoms with van der Waals surface area (Å²) in [6.07, 6.45) is 2.27. The van der Waals surface area contributed by atoms with Crippen molar-refractivity contribution in [1.82, 2.24) is 0 Å². The molecule has 1 atom stereocenters. The molecule has 2 N–H and O–H groups in total. The lowest BCUT2D eigenvalue weighted by Crippen LogP contribution is -2.25. The van der Waals surface area contributed by atoms with Crippen molar-refractivity contribution in [3.8, 4) is 11.5 Å². The molecule has 100 valence electrons. The van der Waals surface area contributed by atoms with Crippen LogP contribution < -0.4 is 0 Å². The molecule has 1 rings (SSSR count). The number of ether oxygens (including phenoxy) is 1. The molecule has 0 saturated carbocycles. The topological polar surface area (TPSA) is 66.8 Å². The number of aromatic hydroxyl groups is 2. The second kappa shape index (κ2) is 7.01. The molecule has 0 spiro atoms. The van der Waals surface area contributed by atoms with Crippen LogP contribution in [0, 0.1) is 0 Å². The van der Waals surface area contributed by atoms with E-state index in [4.69, 9.17) is 4.74 Å². The van der Waals surface area contributed by atoms with Gasteiger partial charge in [-0.2, -0.15) is 0 Å². The van der Waals surface area contributed by atoms with Gasteiger partial charge in [-0.25, -0.2) is 0 Å². The molecule has 0 bridgehead atoms. The largest absolute Gasteiger partial charge is 0.504 e.